The molecule has 0 spiro atoms. The minimum atomic E-state index is 0.0755. The molecule has 0 aliphatic carbocycles. The van der Waals surface area contributed by atoms with Crippen LogP contribution in [0.1, 0.15) is 17.4 Å². The van der Waals surface area contributed by atoms with Gasteiger partial charge in [0.2, 0.25) is 0 Å². The predicted molar refractivity (Wildman–Crippen MR) is 56.6 cm³/mol. The second-order valence-electron chi connectivity index (χ2n) is 3.94. The quantitative estimate of drug-likeness (QED) is 0.789. The van der Waals surface area contributed by atoms with Gasteiger partial charge in [-0.2, -0.15) is 0 Å². The highest BCUT2D eigenvalue weighted by molar-refractivity contribution is 5.93. The van der Waals surface area contributed by atoms with Crippen molar-refractivity contribution in [3.05, 3.63) is 24.0 Å². The minimum Gasteiger partial charge on any atom is -0.396 e. The molecule has 0 radical (unpaired) electrons. The Labute approximate surface area is 89.1 Å². The van der Waals surface area contributed by atoms with Gasteiger partial charge in [0.05, 0.1) is 0 Å². The molecule has 4 nitrogen and oxygen atoms in total. The van der Waals surface area contributed by atoms with Gasteiger partial charge in [0, 0.05) is 38.4 Å². The van der Waals surface area contributed by atoms with E-state index in [-0.39, 0.29) is 18.4 Å². The third-order valence-corrected chi connectivity index (χ3v) is 2.89. The van der Waals surface area contributed by atoms with Crippen molar-refractivity contribution < 1.29 is 9.90 Å². The first-order chi connectivity index (χ1) is 7.26. The van der Waals surface area contributed by atoms with E-state index in [4.69, 9.17) is 5.11 Å². The van der Waals surface area contributed by atoms with Crippen LogP contribution in [0.15, 0.2) is 18.3 Å². The zero-order valence-electron chi connectivity index (χ0n) is 8.89. The molecular weight excluding hydrogens is 192 g/mol. The molecule has 1 aromatic rings. The van der Waals surface area contributed by atoms with Crippen molar-refractivity contribution in [2.24, 2.45) is 5.92 Å². The van der Waals surface area contributed by atoms with E-state index in [2.05, 4.69) is 0 Å². The summed E-state index contributed by atoms with van der Waals surface area (Å²) in [6.45, 7) is 4.38. The average molecular weight is 208 g/mol. The maximum absolute atomic E-state index is 12.0. The normalized spacial score (nSPS) is 16.5. The lowest BCUT2D eigenvalue weighted by Gasteiger charge is -2.38. The highest BCUT2D eigenvalue weighted by Crippen LogP contribution is 2.18. The lowest BCUT2D eigenvalue weighted by Crippen LogP contribution is -2.51. The highest BCUT2D eigenvalue weighted by Gasteiger charge is 2.31. The van der Waals surface area contributed by atoms with E-state index >= 15 is 0 Å². The summed E-state index contributed by atoms with van der Waals surface area (Å²) >= 11 is 0. The Kier molecular flexibility index (Phi) is 2.77. The van der Waals surface area contributed by atoms with Gasteiger partial charge in [-0.05, 0) is 19.1 Å². The Bertz CT molecular complexity index is 353. The van der Waals surface area contributed by atoms with Gasteiger partial charge in [-0.25, -0.2) is 0 Å². The second kappa shape index (κ2) is 4.06. The van der Waals surface area contributed by atoms with Crippen molar-refractivity contribution in [1.29, 1.82) is 0 Å². The molecule has 1 N–H and O–H groups in total. The van der Waals surface area contributed by atoms with Crippen molar-refractivity contribution in [3.63, 3.8) is 0 Å². The summed E-state index contributed by atoms with van der Waals surface area (Å²) in [5, 5.41) is 8.87. The third kappa shape index (κ3) is 1.77. The fraction of sp³-hybridized carbons (Fsp3) is 0.545. The molecule has 1 aromatic heterocycles. The summed E-state index contributed by atoms with van der Waals surface area (Å²) in [5.41, 5.74) is 0.744. The van der Waals surface area contributed by atoms with Crippen LogP contribution >= 0.6 is 0 Å². The highest BCUT2D eigenvalue weighted by atomic mass is 16.3. The second-order valence-corrected chi connectivity index (χ2v) is 3.94. The zero-order chi connectivity index (χ0) is 10.8. The van der Waals surface area contributed by atoms with Crippen molar-refractivity contribution in [3.8, 4) is 0 Å². The largest absolute Gasteiger partial charge is 0.396 e. The molecular formula is C11H16N2O2. The van der Waals surface area contributed by atoms with E-state index < -0.39 is 0 Å². The predicted octanol–water partition coefficient (Wildman–Crippen LogP) is 0.572. The Morgan fingerprint density at radius 3 is 2.93 bits per heavy atom. The molecule has 2 heterocycles. The molecule has 0 saturated carbocycles. The van der Waals surface area contributed by atoms with E-state index in [1.807, 2.05) is 29.8 Å². The van der Waals surface area contributed by atoms with E-state index in [1.54, 1.807) is 4.90 Å². The van der Waals surface area contributed by atoms with Crippen molar-refractivity contribution in [2.45, 2.75) is 13.5 Å². The number of nitrogens with zero attached hydrogens (tertiary/aromatic N) is 2. The van der Waals surface area contributed by atoms with Crippen molar-refractivity contribution in [2.75, 3.05) is 19.7 Å². The van der Waals surface area contributed by atoms with Gasteiger partial charge in [-0.15, -0.1) is 0 Å². The summed E-state index contributed by atoms with van der Waals surface area (Å²) in [6, 6.07) is 3.73. The summed E-state index contributed by atoms with van der Waals surface area (Å²) < 4.78 is 1.94. The van der Waals surface area contributed by atoms with Gasteiger partial charge >= 0.3 is 0 Å². The van der Waals surface area contributed by atoms with Crippen LogP contribution < -0.4 is 0 Å². The Hall–Kier alpha value is -1.29. The van der Waals surface area contributed by atoms with Gasteiger partial charge in [0.1, 0.15) is 5.69 Å². The fourth-order valence-corrected chi connectivity index (χ4v) is 1.90. The van der Waals surface area contributed by atoms with Crippen LogP contribution in [0.25, 0.3) is 0 Å². The van der Waals surface area contributed by atoms with E-state index in [0.717, 1.165) is 12.2 Å². The summed E-state index contributed by atoms with van der Waals surface area (Å²) in [4.78, 5) is 13.7. The fourth-order valence-electron chi connectivity index (χ4n) is 1.90. The molecule has 1 fully saturated rings. The first-order valence-electron chi connectivity index (χ1n) is 5.31. The first-order valence-corrected chi connectivity index (χ1v) is 5.31. The Morgan fingerprint density at radius 1 is 1.60 bits per heavy atom. The maximum atomic E-state index is 12.0. The average Bonchev–Trinajstić information content (AvgIpc) is 2.63. The number of aryl methyl sites for hydroxylation is 1. The van der Waals surface area contributed by atoms with Crippen LogP contribution in [0.5, 0.6) is 0 Å². The SMILES string of the molecule is CCn1cccc1C(=O)N1CC(CO)C1. The Morgan fingerprint density at radius 2 is 2.33 bits per heavy atom. The van der Waals surface area contributed by atoms with Gasteiger partial charge in [-0.1, -0.05) is 0 Å². The third-order valence-electron chi connectivity index (χ3n) is 2.89. The van der Waals surface area contributed by atoms with E-state index in [9.17, 15) is 4.79 Å². The molecule has 0 bridgehead atoms. The molecule has 0 atom stereocenters. The van der Waals surface area contributed by atoms with Crippen LogP contribution in [0.4, 0.5) is 0 Å². The lowest BCUT2D eigenvalue weighted by atomic mass is 10.0. The molecule has 2 rings (SSSR count). The number of aliphatic hydroxyl groups excluding tert-OH is 1. The summed E-state index contributed by atoms with van der Waals surface area (Å²) in [7, 11) is 0. The van der Waals surface area contributed by atoms with Crippen LogP contribution in [0.3, 0.4) is 0 Å². The number of hydrogen-bond donors (Lipinski definition) is 1. The van der Waals surface area contributed by atoms with Gasteiger partial charge in [0.15, 0.2) is 0 Å². The number of aromatic nitrogens is 1. The molecule has 15 heavy (non-hydrogen) atoms. The topological polar surface area (TPSA) is 45.5 Å². The summed E-state index contributed by atoms with van der Waals surface area (Å²) in [6.07, 6.45) is 1.91. The number of hydrogen-bond acceptors (Lipinski definition) is 2. The standard InChI is InChI=1S/C11H16N2O2/c1-2-12-5-3-4-10(12)11(15)13-6-9(7-13)8-14/h3-5,9,14H,2,6-8H2,1H3. The number of aliphatic hydroxyl groups is 1. The van der Waals surface area contributed by atoms with Crippen LogP contribution in [-0.4, -0.2) is 40.2 Å². The number of carbonyl (C=O) groups excluding carboxylic acids is 1. The van der Waals surface area contributed by atoms with Crippen molar-refractivity contribution in [1.82, 2.24) is 9.47 Å². The van der Waals surface area contributed by atoms with Gasteiger partial charge in [-0.3, -0.25) is 4.79 Å². The molecule has 1 aliphatic heterocycles. The van der Waals surface area contributed by atoms with E-state index in [1.165, 1.54) is 0 Å². The number of likely N-dealkylation sites (tertiary alicyclic amines) is 1. The Balaban J connectivity index is 2.03. The first kappa shape index (κ1) is 10.2. The van der Waals surface area contributed by atoms with Gasteiger partial charge in [0.25, 0.3) is 5.91 Å². The molecule has 0 unspecified atom stereocenters. The van der Waals surface area contributed by atoms with Gasteiger partial charge < -0.3 is 14.6 Å². The van der Waals surface area contributed by atoms with Crippen LogP contribution in [-0.2, 0) is 6.54 Å². The molecule has 82 valence electrons. The molecule has 1 amide bonds. The lowest BCUT2D eigenvalue weighted by molar-refractivity contribution is 0.0352. The number of amides is 1. The zero-order valence-corrected chi connectivity index (χ0v) is 8.89. The molecule has 1 saturated heterocycles. The summed E-state index contributed by atoms with van der Waals surface area (Å²) in [5.74, 6) is 0.352. The number of carbonyl (C=O) groups is 1. The molecule has 0 aromatic carbocycles. The van der Waals surface area contributed by atoms with Crippen LogP contribution in [0, 0.1) is 5.92 Å². The van der Waals surface area contributed by atoms with Crippen molar-refractivity contribution >= 4 is 5.91 Å². The number of rotatable bonds is 3. The monoisotopic (exact) mass is 208 g/mol. The molecule has 1 aliphatic rings. The van der Waals surface area contributed by atoms with Crippen LogP contribution in [0.2, 0.25) is 0 Å². The van der Waals surface area contributed by atoms with E-state index in [0.29, 0.717) is 13.1 Å². The smallest absolute Gasteiger partial charge is 0.270 e. The minimum absolute atomic E-state index is 0.0755. The molecule has 4 heteroatoms. The maximum Gasteiger partial charge on any atom is 0.270 e.